The van der Waals surface area contributed by atoms with E-state index in [2.05, 4.69) is 9.55 Å². The van der Waals surface area contributed by atoms with Crippen LogP contribution in [-0.4, -0.2) is 9.55 Å². The fraction of sp³-hybridized carbons (Fsp3) is 0.188. The van der Waals surface area contributed by atoms with Crippen LogP contribution in [0.3, 0.4) is 0 Å². The van der Waals surface area contributed by atoms with Gasteiger partial charge in [0.1, 0.15) is 11.6 Å². The average molecular weight is 267 g/mol. The summed E-state index contributed by atoms with van der Waals surface area (Å²) in [4.78, 5) is 4.61. The number of para-hydroxylation sites is 2. The smallest absolute Gasteiger partial charge is 0.144 e. The van der Waals surface area contributed by atoms with Crippen molar-refractivity contribution in [3.63, 3.8) is 0 Å². The highest BCUT2D eigenvalue weighted by Crippen LogP contribution is 2.41. The van der Waals surface area contributed by atoms with Gasteiger partial charge in [0.05, 0.1) is 16.6 Å². The Kier molecular flexibility index (Phi) is 2.33. The van der Waals surface area contributed by atoms with Gasteiger partial charge in [-0.15, -0.1) is 0 Å². The van der Waals surface area contributed by atoms with E-state index in [0.29, 0.717) is 23.1 Å². The Balaban J connectivity index is 2.03. The predicted molar refractivity (Wildman–Crippen MR) is 77.8 cm³/mol. The van der Waals surface area contributed by atoms with E-state index in [1.165, 1.54) is 6.07 Å². The number of rotatable bonds is 2. The average Bonchev–Trinajstić information content (AvgIpc) is 3.21. The largest absolute Gasteiger partial charge is 0.399 e. The first-order valence-electron chi connectivity index (χ1n) is 6.76. The summed E-state index contributed by atoms with van der Waals surface area (Å²) in [6.07, 6.45) is 2.24. The zero-order chi connectivity index (χ0) is 13.7. The Morgan fingerprint density at radius 3 is 2.75 bits per heavy atom. The maximum atomic E-state index is 14.1. The molecule has 0 atom stereocenters. The lowest BCUT2D eigenvalue weighted by Crippen LogP contribution is -1.99. The molecule has 1 fully saturated rings. The molecule has 0 aliphatic heterocycles. The van der Waals surface area contributed by atoms with Crippen molar-refractivity contribution in [2.75, 3.05) is 5.73 Å². The topological polar surface area (TPSA) is 43.8 Å². The molecular weight excluding hydrogens is 253 g/mol. The van der Waals surface area contributed by atoms with Crippen LogP contribution in [0, 0.1) is 5.82 Å². The fourth-order valence-electron chi connectivity index (χ4n) is 2.65. The Morgan fingerprint density at radius 1 is 1.15 bits per heavy atom. The summed E-state index contributed by atoms with van der Waals surface area (Å²) < 4.78 is 16.3. The van der Waals surface area contributed by atoms with E-state index in [4.69, 9.17) is 5.73 Å². The SMILES string of the molecule is Nc1ccc(F)c(-c2nc3ccccc3n2C2CC2)c1. The van der Waals surface area contributed by atoms with E-state index < -0.39 is 0 Å². The van der Waals surface area contributed by atoms with Crippen molar-refractivity contribution in [2.45, 2.75) is 18.9 Å². The molecule has 3 aromatic rings. The lowest BCUT2D eigenvalue weighted by atomic mass is 10.1. The molecule has 1 aliphatic carbocycles. The summed E-state index contributed by atoms with van der Waals surface area (Å²) >= 11 is 0. The van der Waals surface area contributed by atoms with Gasteiger partial charge in [0.2, 0.25) is 0 Å². The van der Waals surface area contributed by atoms with Crippen molar-refractivity contribution < 1.29 is 4.39 Å². The standard InChI is InChI=1S/C16H14FN3/c17-13-8-5-10(18)9-12(13)16-19-14-3-1-2-4-15(14)20(16)11-6-7-11/h1-5,8-9,11H,6-7,18H2. The summed E-state index contributed by atoms with van der Waals surface area (Å²) in [5.41, 5.74) is 8.79. The summed E-state index contributed by atoms with van der Waals surface area (Å²) in [6.45, 7) is 0. The summed E-state index contributed by atoms with van der Waals surface area (Å²) in [7, 11) is 0. The molecule has 1 aliphatic rings. The molecule has 0 spiro atoms. The second-order valence-electron chi connectivity index (χ2n) is 5.26. The first-order valence-corrected chi connectivity index (χ1v) is 6.76. The van der Waals surface area contributed by atoms with Crippen molar-refractivity contribution in [2.24, 2.45) is 0 Å². The molecule has 1 heterocycles. The highest BCUT2D eigenvalue weighted by molar-refractivity contribution is 5.81. The summed E-state index contributed by atoms with van der Waals surface area (Å²) in [5.74, 6) is 0.398. The number of halogens is 1. The van der Waals surface area contributed by atoms with Gasteiger partial charge >= 0.3 is 0 Å². The van der Waals surface area contributed by atoms with Crippen molar-refractivity contribution in [3.8, 4) is 11.4 Å². The third-order valence-electron chi connectivity index (χ3n) is 3.74. The Labute approximate surface area is 115 Å². The Bertz CT molecular complexity index is 803. The van der Waals surface area contributed by atoms with Crippen LogP contribution in [0.2, 0.25) is 0 Å². The lowest BCUT2D eigenvalue weighted by molar-refractivity contribution is 0.627. The number of nitrogens with two attached hydrogens (primary N) is 1. The molecule has 4 rings (SSSR count). The number of hydrogen-bond donors (Lipinski definition) is 1. The Morgan fingerprint density at radius 2 is 1.95 bits per heavy atom. The number of benzene rings is 2. The van der Waals surface area contributed by atoms with E-state index in [1.807, 2.05) is 24.3 Å². The van der Waals surface area contributed by atoms with Gasteiger partial charge in [-0.05, 0) is 43.2 Å². The van der Waals surface area contributed by atoms with Crippen molar-refractivity contribution >= 4 is 16.7 Å². The molecule has 20 heavy (non-hydrogen) atoms. The van der Waals surface area contributed by atoms with Gasteiger partial charge in [-0.3, -0.25) is 0 Å². The number of fused-ring (bicyclic) bond motifs is 1. The normalized spacial score (nSPS) is 14.8. The molecule has 0 saturated heterocycles. The molecule has 3 nitrogen and oxygen atoms in total. The molecule has 0 unspecified atom stereocenters. The van der Waals surface area contributed by atoms with Gasteiger partial charge in [0, 0.05) is 11.7 Å². The van der Waals surface area contributed by atoms with Gasteiger partial charge in [-0.25, -0.2) is 9.37 Å². The third-order valence-corrected chi connectivity index (χ3v) is 3.74. The van der Waals surface area contributed by atoms with E-state index in [0.717, 1.165) is 23.9 Å². The summed E-state index contributed by atoms with van der Waals surface area (Å²) in [6, 6.07) is 13.0. The number of aromatic nitrogens is 2. The van der Waals surface area contributed by atoms with Gasteiger partial charge in [0.25, 0.3) is 0 Å². The summed E-state index contributed by atoms with van der Waals surface area (Å²) in [5, 5.41) is 0. The molecule has 100 valence electrons. The number of nitrogen functional groups attached to an aromatic ring is 1. The van der Waals surface area contributed by atoms with Crippen LogP contribution in [0.1, 0.15) is 18.9 Å². The van der Waals surface area contributed by atoms with E-state index in [-0.39, 0.29) is 5.82 Å². The van der Waals surface area contributed by atoms with Gasteiger partial charge in [-0.2, -0.15) is 0 Å². The monoisotopic (exact) mass is 267 g/mol. The molecule has 2 aromatic carbocycles. The van der Waals surface area contributed by atoms with Crippen LogP contribution in [0.4, 0.5) is 10.1 Å². The second-order valence-corrected chi connectivity index (χ2v) is 5.26. The van der Waals surface area contributed by atoms with Crippen LogP contribution >= 0.6 is 0 Å². The number of hydrogen-bond acceptors (Lipinski definition) is 2. The number of anilines is 1. The van der Waals surface area contributed by atoms with Gasteiger partial charge in [0.15, 0.2) is 0 Å². The van der Waals surface area contributed by atoms with E-state index in [1.54, 1.807) is 12.1 Å². The van der Waals surface area contributed by atoms with Crippen molar-refractivity contribution in [3.05, 3.63) is 48.3 Å². The lowest BCUT2D eigenvalue weighted by Gasteiger charge is -2.09. The molecule has 1 aromatic heterocycles. The minimum atomic E-state index is -0.281. The van der Waals surface area contributed by atoms with Crippen LogP contribution in [0.5, 0.6) is 0 Å². The van der Waals surface area contributed by atoms with E-state index >= 15 is 0 Å². The maximum Gasteiger partial charge on any atom is 0.144 e. The molecule has 4 heteroatoms. The van der Waals surface area contributed by atoms with Crippen LogP contribution in [0.15, 0.2) is 42.5 Å². The van der Waals surface area contributed by atoms with Crippen LogP contribution in [0.25, 0.3) is 22.4 Å². The molecule has 1 saturated carbocycles. The molecule has 0 bridgehead atoms. The molecule has 0 radical (unpaired) electrons. The van der Waals surface area contributed by atoms with Crippen LogP contribution in [-0.2, 0) is 0 Å². The highest BCUT2D eigenvalue weighted by Gasteiger charge is 2.29. The first kappa shape index (κ1) is 11.5. The minimum Gasteiger partial charge on any atom is -0.399 e. The molecular formula is C16H14FN3. The van der Waals surface area contributed by atoms with E-state index in [9.17, 15) is 4.39 Å². The highest BCUT2D eigenvalue weighted by atomic mass is 19.1. The third kappa shape index (κ3) is 1.68. The zero-order valence-electron chi connectivity index (χ0n) is 10.9. The van der Waals surface area contributed by atoms with Crippen molar-refractivity contribution in [1.29, 1.82) is 0 Å². The molecule has 2 N–H and O–H groups in total. The van der Waals surface area contributed by atoms with Crippen molar-refractivity contribution in [1.82, 2.24) is 9.55 Å². The minimum absolute atomic E-state index is 0.281. The van der Waals surface area contributed by atoms with Gasteiger partial charge < -0.3 is 10.3 Å². The second kappa shape index (κ2) is 4.07. The number of imidazole rings is 1. The predicted octanol–water partition coefficient (Wildman–Crippen LogP) is 3.76. The molecule has 0 amide bonds. The number of nitrogens with zero attached hydrogens (tertiary/aromatic N) is 2. The van der Waals surface area contributed by atoms with Gasteiger partial charge in [-0.1, -0.05) is 12.1 Å². The quantitative estimate of drug-likeness (QED) is 0.718. The Hall–Kier alpha value is -2.36. The first-order chi connectivity index (χ1) is 9.74. The maximum absolute atomic E-state index is 14.1. The van der Waals surface area contributed by atoms with Crippen LogP contribution < -0.4 is 5.73 Å². The zero-order valence-corrected chi connectivity index (χ0v) is 10.9. The fourth-order valence-corrected chi connectivity index (χ4v) is 2.65.